The molecular formula is C13H17ClN6. The second kappa shape index (κ2) is 6.38. The van der Waals surface area contributed by atoms with Crippen LogP contribution in [0.15, 0.2) is 24.3 Å². The van der Waals surface area contributed by atoms with E-state index in [4.69, 9.17) is 11.6 Å². The molecule has 0 saturated heterocycles. The standard InChI is InChI=1S/C13H17ClN6/c1-4-15-11-17-12(19-13(18-11)20(2)3)16-10-8-6-5-7-9(10)14/h5-8H,4H2,1-3H3,(H2,15,16,17,18,19). The number of rotatable bonds is 5. The van der Waals surface area contributed by atoms with Crippen LogP contribution >= 0.6 is 11.6 Å². The van der Waals surface area contributed by atoms with Crippen LogP contribution in [0.1, 0.15) is 6.92 Å². The molecule has 2 N–H and O–H groups in total. The van der Waals surface area contributed by atoms with E-state index in [0.29, 0.717) is 22.9 Å². The lowest BCUT2D eigenvalue weighted by atomic mass is 10.3. The largest absolute Gasteiger partial charge is 0.354 e. The summed E-state index contributed by atoms with van der Waals surface area (Å²) < 4.78 is 0. The van der Waals surface area contributed by atoms with Crippen LogP contribution in [-0.4, -0.2) is 35.6 Å². The molecule has 0 spiro atoms. The molecular weight excluding hydrogens is 276 g/mol. The Labute approximate surface area is 123 Å². The molecule has 0 saturated carbocycles. The maximum absolute atomic E-state index is 6.12. The number of hydrogen-bond acceptors (Lipinski definition) is 6. The fourth-order valence-corrected chi connectivity index (χ4v) is 1.72. The molecule has 0 aliphatic carbocycles. The fourth-order valence-electron chi connectivity index (χ4n) is 1.54. The predicted octanol–water partition coefficient (Wildman–Crippen LogP) is 2.77. The van der Waals surface area contributed by atoms with Gasteiger partial charge in [-0.3, -0.25) is 0 Å². The van der Waals surface area contributed by atoms with Gasteiger partial charge in [0.15, 0.2) is 0 Å². The van der Waals surface area contributed by atoms with Crippen molar-refractivity contribution >= 4 is 35.1 Å². The number of para-hydroxylation sites is 1. The Morgan fingerprint density at radius 1 is 1.10 bits per heavy atom. The number of halogens is 1. The molecule has 0 fully saturated rings. The highest BCUT2D eigenvalue weighted by Gasteiger charge is 2.09. The smallest absolute Gasteiger partial charge is 0.233 e. The molecule has 0 aliphatic rings. The molecule has 2 aromatic rings. The van der Waals surface area contributed by atoms with Gasteiger partial charge in [0.1, 0.15) is 0 Å². The Bertz CT molecular complexity index is 587. The molecule has 0 radical (unpaired) electrons. The number of aromatic nitrogens is 3. The van der Waals surface area contributed by atoms with Gasteiger partial charge >= 0.3 is 0 Å². The molecule has 1 aromatic heterocycles. The van der Waals surface area contributed by atoms with E-state index >= 15 is 0 Å². The highest BCUT2D eigenvalue weighted by molar-refractivity contribution is 6.33. The van der Waals surface area contributed by atoms with Gasteiger partial charge in [0.2, 0.25) is 17.8 Å². The Hall–Kier alpha value is -2.08. The van der Waals surface area contributed by atoms with Crippen molar-refractivity contribution in [2.24, 2.45) is 0 Å². The molecule has 20 heavy (non-hydrogen) atoms. The van der Waals surface area contributed by atoms with E-state index in [1.54, 1.807) is 0 Å². The number of anilines is 4. The first-order valence-electron chi connectivity index (χ1n) is 6.29. The average molecular weight is 293 g/mol. The topological polar surface area (TPSA) is 66.0 Å². The molecule has 0 aliphatic heterocycles. The van der Waals surface area contributed by atoms with Crippen LogP contribution in [0.2, 0.25) is 5.02 Å². The van der Waals surface area contributed by atoms with Crippen molar-refractivity contribution in [3.8, 4) is 0 Å². The zero-order valence-electron chi connectivity index (χ0n) is 11.7. The van der Waals surface area contributed by atoms with Crippen LogP contribution in [0.5, 0.6) is 0 Å². The highest BCUT2D eigenvalue weighted by atomic mass is 35.5. The van der Waals surface area contributed by atoms with E-state index < -0.39 is 0 Å². The molecule has 0 amide bonds. The quantitative estimate of drug-likeness (QED) is 0.883. The normalized spacial score (nSPS) is 10.2. The monoisotopic (exact) mass is 292 g/mol. The number of benzene rings is 1. The van der Waals surface area contributed by atoms with Crippen molar-refractivity contribution in [2.45, 2.75) is 6.92 Å². The summed E-state index contributed by atoms with van der Waals surface area (Å²) in [5.41, 5.74) is 0.757. The van der Waals surface area contributed by atoms with Gasteiger partial charge < -0.3 is 15.5 Å². The van der Waals surface area contributed by atoms with E-state index in [2.05, 4.69) is 25.6 Å². The molecule has 0 bridgehead atoms. The molecule has 1 aromatic carbocycles. The Balaban J connectivity index is 2.33. The van der Waals surface area contributed by atoms with E-state index in [9.17, 15) is 0 Å². The predicted molar refractivity (Wildman–Crippen MR) is 83.1 cm³/mol. The minimum absolute atomic E-state index is 0.452. The molecule has 7 heteroatoms. The molecule has 6 nitrogen and oxygen atoms in total. The van der Waals surface area contributed by atoms with Crippen LogP contribution in [0, 0.1) is 0 Å². The first kappa shape index (κ1) is 14.3. The van der Waals surface area contributed by atoms with Crippen LogP contribution in [0.3, 0.4) is 0 Å². The SMILES string of the molecule is CCNc1nc(Nc2ccccc2Cl)nc(N(C)C)n1. The van der Waals surface area contributed by atoms with Gasteiger partial charge in [-0.25, -0.2) is 0 Å². The van der Waals surface area contributed by atoms with Gasteiger partial charge in [-0.1, -0.05) is 23.7 Å². The second-order valence-electron chi connectivity index (χ2n) is 4.31. The third kappa shape index (κ3) is 3.48. The Morgan fingerprint density at radius 3 is 2.45 bits per heavy atom. The van der Waals surface area contributed by atoms with Gasteiger partial charge in [-0.05, 0) is 19.1 Å². The Morgan fingerprint density at radius 2 is 1.80 bits per heavy atom. The maximum atomic E-state index is 6.12. The van der Waals surface area contributed by atoms with Crippen molar-refractivity contribution in [2.75, 3.05) is 36.2 Å². The summed E-state index contributed by atoms with van der Waals surface area (Å²) >= 11 is 6.12. The van der Waals surface area contributed by atoms with E-state index in [1.807, 2.05) is 50.2 Å². The third-order valence-electron chi connectivity index (χ3n) is 2.48. The highest BCUT2D eigenvalue weighted by Crippen LogP contribution is 2.24. The van der Waals surface area contributed by atoms with Crippen molar-refractivity contribution in [3.05, 3.63) is 29.3 Å². The van der Waals surface area contributed by atoms with Gasteiger partial charge in [0.05, 0.1) is 10.7 Å². The first-order valence-corrected chi connectivity index (χ1v) is 6.66. The van der Waals surface area contributed by atoms with E-state index in [1.165, 1.54) is 0 Å². The lowest BCUT2D eigenvalue weighted by Crippen LogP contribution is -2.16. The van der Waals surface area contributed by atoms with Crippen molar-refractivity contribution in [1.82, 2.24) is 15.0 Å². The second-order valence-corrected chi connectivity index (χ2v) is 4.72. The van der Waals surface area contributed by atoms with Crippen LogP contribution in [0.25, 0.3) is 0 Å². The fraction of sp³-hybridized carbons (Fsp3) is 0.308. The van der Waals surface area contributed by atoms with Crippen molar-refractivity contribution < 1.29 is 0 Å². The maximum Gasteiger partial charge on any atom is 0.233 e. The van der Waals surface area contributed by atoms with Gasteiger partial charge in [0.25, 0.3) is 0 Å². The van der Waals surface area contributed by atoms with Crippen molar-refractivity contribution in [1.29, 1.82) is 0 Å². The number of nitrogens with one attached hydrogen (secondary N) is 2. The zero-order valence-corrected chi connectivity index (χ0v) is 12.4. The number of hydrogen-bond donors (Lipinski definition) is 2. The summed E-state index contributed by atoms with van der Waals surface area (Å²) in [6, 6.07) is 7.45. The summed E-state index contributed by atoms with van der Waals surface area (Å²) in [5.74, 6) is 1.55. The summed E-state index contributed by atoms with van der Waals surface area (Å²) in [6.45, 7) is 2.72. The molecule has 0 unspecified atom stereocenters. The summed E-state index contributed by atoms with van der Waals surface area (Å²) in [6.07, 6.45) is 0. The average Bonchev–Trinajstić information content (AvgIpc) is 2.41. The third-order valence-corrected chi connectivity index (χ3v) is 2.81. The zero-order chi connectivity index (χ0) is 14.5. The molecule has 0 atom stereocenters. The van der Waals surface area contributed by atoms with Gasteiger partial charge in [-0.15, -0.1) is 0 Å². The summed E-state index contributed by atoms with van der Waals surface area (Å²) in [7, 11) is 3.76. The van der Waals surface area contributed by atoms with Crippen LogP contribution in [0.4, 0.5) is 23.5 Å². The van der Waals surface area contributed by atoms with Crippen LogP contribution in [-0.2, 0) is 0 Å². The minimum atomic E-state index is 0.452. The number of nitrogens with zero attached hydrogens (tertiary/aromatic N) is 4. The summed E-state index contributed by atoms with van der Waals surface area (Å²) in [4.78, 5) is 14.8. The molecule has 1 heterocycles. The molecule has 2 rings (SSSR count). The molecule has 106 valence electrons. The van der Waals surface area contributed by atoms with Gasteiger partial charge in [-0.2, -0.15) is 15.0 Å². The summed E-state index contributed by atoms with van der Waals surface area (Å²) in [5, 5.41) is 6.80. The van der Waals surface area contributed by atoms with Crippen molar-refractivity contribution in [3.63, 3.8) is 0 Å². The lowest BCUT2D eigenvalue weighted by Gasteiger charge is -2.14. The van der Waals surface area contributed by atoms with E-state index in [0.717, 1.165) is 12.2 Å². The lowest BCUT2D eigenvalue weighted by molar-refractivity contribution is 0.953. The van der Waals surface area contributed by atoms with E-state index in [-0.39, 0.29) is 0 Å². The first-order chi connectivity index (χ1) is 9.60. The Kier molecular flexibility index (Phi) is 4.57. The van der Waals surface area contributed by atoms with Gasteiger partial charge in [0, 0.05) is 20.6 Å². The van der Waals surface area contributed by atoms with Crippen LogP contribution < -0.4 is 15.5 Å². The minimum Gasteiger partial charge on any atom is -0.354 e.